The standard InChI is InChI=1S/C39H68O12S/c1-3-5-7-9-11-13-15-16-17-19-21-23-25-27-29-47-31-33(49-35(41)28-26-24-22-20-18-14-12-10-8-6-4-2)32-48-39-37(43)38(51-52(44,45)46)36(42)34(30-40)50-39/h5,7,10-13,16-17,33-34,36-40,42-43H,3-4,6,8-9,14-15,18-32H2,1-2H3,(H,44,45,46)/b7-5-,12-10-,13-11-,17-16-. The van der Waals surface area contributed by atoms with Crippen molar-refractivity contribution in [1.82, 2.24) is 0 Å². The molecule has 12 nitrogen and oxygen atoms in total. The third-order valence-corrected chi connectivity index (χ3v) is 8.90. The Balaban J connectivity index is 2.53. The minimum Gasteiger partial charge on any atom is -0.457 e. The number of esters is 1. The van der Waals surface area contributed by atoms with Crippen molar-refractivity contribution in [3.63, 3.8) is 0 Å². The third kappa shape index (κ3) is 25.1. The van der Waals surface area contributed by atoms with E-state index in [-0.39, 0.29) is 19.6 Å². The molecule has 0 spiro atoms. The van der Waals surface area contributed by atoms with Crippen molar-refractivity contribution in [1.29, 1.82) is 0 Å². The second-order valence-corrected chi connectivity index (χ2v) is 14.2. The maximum Gasteiger partial charge on any atom is 0.397 e. The first kappa shape index (κ1) is 48.1. The number of allylic oxidation sites excluding steroid dienone is 8. The summed E-state index contributed by atoms with van der Waals surface area (Å²) < 4.78 is 58.7. The van der Waals surface area contributed by atoms with E-state index >= 15 is 0 Å². The van der Waals surface area contributed by atoms with Crippen molar-refractivity contribution in [3.05, 3.63) is 48.6 Å². The van der Waals surface area contributed by atoms with E-state index in [4.69, 9.17) is 23.5 Å². The summed E-state index contributed by atoms with van der Waals surface area (Å²) >= 11 is 0. The average Bonchev–Trinajstić information content (AvgIpc) is 3.11. The predicted octanol–water partition coefficient (Wildman–Crippen LogP) is 6.84. The zero-order chi connectivity index (χ0) is 38.3. The largest absolute Gasteiger partial charge is 0.457 e. The summed E-state index contributed by atoms with van der Waals surface area (Å²) in [6.07, 6.45) is 25.9. The van der Waals surface area contributed by atoms with Gasteiger partial charge in [-0.3, -0.25) is 9.35 Å². The van der Waals surface area contributed by atoms with Crippen LogP contribution in [0.3, 0.4) is 0 Å². The Bertz CT molecular complexity index is 1110. The number of unbranched alkanes of at least 4 members (excludes halogenated alkanes) is 11. The molecular weight excluding hydrogens is 692 g/mol. The molecule has 1 heterocycles. The fourth-order valence-corrected chi connectivity index (χ4v) is 6.00. The highest BCUT2D eigenvalue weighted by atomic mass is 32.3. The van der Waals surface area contributed by atoms with Gasteiger partial charge in [0, 0.05) is 13.0 Å². The van der Waals surface area contributed by atoms with Crippen LogP contribution >= 0.6 is 0 Å². The van der Waals surface area contributed by atoms with Crippen molar-refractivity contribution in [2.24, 2.45) is 0 Å². The first-order chi connectivity index (χ1) is 25.1. The summed E-state index contributed by atoms with van der Waals surface area (Å²) in [4.78, 5) is 12.7. The van der Waals surface area contributed by atoms with Gasteiger partial charge in [0.2, 0.25) is 0 Å². The van der Waals surface area contributed by atoms with Crippen LogP contribution in [0.4, 0.5) is 0 Å². The molecule has 1 saturated heterocycles. The molecule has 4 N–H and O–H groups in total. The lowest BCUT2D eigenvalue weighted by Gasteiger charge is -2.41. The molecule has 6 unspecified atom stereocenters. The molecule has 13 heteroatoms. The fraction of sp³-hybridized carbons (Fsp3) is 0.769. The van der Waals surface area contributed by atoms with Crippen molar-refractivity contribution in [3.8, 4) is 0 Å². The van der Waals surface area contributed by atoms with Crippen LogP contribution in [-0.4, -0.2) is 97.5 Å². The van der Waals surface area contributed by atoms with Gasteiger partial charge < -0.3 is 34.3 Å². The molecule has 302 valence electrons. The Hall–Kier alpha value is -1.94. The maximum absolute atomic E-state index is 12.7. The molecule has 1 aliphatic rings. The highest BCUT2D eigenvalue weighted by Crippen LogP contribution is 2.26. The smallest absolute Gasteiger partial charge is 0.397 e. The van der Waals surface area contributed by atoms with Gasteiger partial charge in [0.15, 0.2) is 6.29 Å². The number of rotatable bonds is 32. The molecule has 0 amide bonds. The molecule has 0 saturated carbocycles. The zero-order valence-corrected chi connectivity index (χ0v) is 32.4. The third-order valence-electron chi connectivity index (χ3n) is 8.43. The van der Waals surface area contributed by atoms with Crippen molar-refractivity contribution in [2.45, 2.75) is 166 Å². The number of hydrogen-bond donors (Lipinski definition) is 4. The van der Waals surface area contributed by atoms with E-state index in [9.17, 15) is 28.5 Å². The topological polar surface area (TPSA) is 178 Å². The zero-order valence-electron chi connectivity index (χ0n) is 31.6. The summed E-state index contributed by atoms with van der Waals surface area (Å²) in [6.45, 7) is 3.73. The number of ether oxygens (including phenoxy) is 4. The Morgan fingerprint density at radius 1 is 0.750 bits per heavy atom. The lowest BCUT2D eigenvalue weighted by atomic mass is 9.99. The van der Waals surface area contributed by atoms with E-state index in [1.807, 2.05) is 0 Å². The number of aliphatic hydroxyl groups is 3. The number of aliphatic hydroxyl groups excluding tert-OH is 3. The van der Waals surface area contributed by atoms with Crippen LogP contribution < -0.4 is 0 Å². The van der Waals surface area contributed by atoms with Gasteiger partial charge in [0.25, 0.3) is 0 Å². The first-order valence-corrected chi connectivity index (χ1v) is 20.8. The number of carbonyl (C=O) groups is 1. The Labute approximate surface area is 313 Å². The van der Waals surface area contributed by atoms with Crippen molar-refractivity contribution in [2.75, 3.05) is 26.4 Å². The van der Waals surface area contributed by atoms with E-state index < -0.39 is 59.8 Å². The van der Waals surface area contributed by atoms with E-state index in [1.54, 1.807) is 0 Å². The monoisotopic (exact) mass is 760 g/mol. The van der Waals surface area contributed by atoms with Crippen molar-refractivity contribution < 1.29 is 56.2 Å². The summed E-state index contributed by atoms with van der Waals surface area (Å²) in [5.41, 5.74) is 0. The Morgan fingerprint density at radius 3 is 1.96 bits per heavy atom. The summed E-state index contributed by atoms with van der Waals surface area (Å²) in [7, 11) is -5.06. The van der Waals surface area contributed by atoms with Gasteiger partial charge in [-0.2, -0.15) is 8.42 Å². The molecular formula is C39H68O12S. The van der Waals surface area contributed by atoms with Crippen LogP contribution in [0.5, 0.6) is 0 Å². The molecule has 0 radical (unpaired) electrons. The molecule has 0 aromatic heterocycles. The number of carbonyl (C=O) groups excluding carboxylic acids is 1. The Kier molecular flexibility index (Phi) is 29.0. The highest BCUT2D eigenvalue weighted by molar-refractivity contribution is 7.80. The number of hydrogen-bond acceptors (Lipinski definition) is 11. The van der Waals surface area contributed by atoms with Crippen LogP contribution in [-0.2, 0) is 38.3 Å². The van der Waals surface area contributed by atoms with Crippen LogP contribution in [0.1, 0.15) is 129 Å². The van der Waals surface area contributed by atoms with Gasteiger partial charge in [-0.05, 0) is 64.2 Å². The molecule has 52 heavy (non-hydrogen) atoms. The average molecular weight is 761 g/mol. The lowest BCUT2D eigenvalue weighted by molar-refractivity contribution is -0.301. The molecule has 0 aromatic carbocycles. The second-order valence-electron chi connectivity index (χ2n) is 13.1. The summed E-state index contributed by atoms with van der Waals surface area (Å²) in [5, 5.41) is 30.5. The highest BCUT2D eigenvalue weighted by Gasteiger charge is 2.48. The van der Waals surface area contributed by atoms with Crippen LogP contribution in [0.25, 0.3) is 0 Å². The summed E-state index contributed by atoms with van der Waals surface area (Å²) in [6, 6.07) is 0. The molecule has 0 aromatic rings. The second kappa shape index (κ2) is 31.4. The lowest BCUT2D eigenvalue weighted by Crippen LogP contribution is -2.60. The molecule has 0 bridgehead atoms. The van der Waals surface area contributed by atoms with Gasteiger partial charge in [-0.1, -0.05) is 107 Å². The Morgan fingerprint density at radius 2 is 1.33 bits per heavy atom. The van der Waals surface area contributed by atoms with Gasteiger partial charge in [-0.15, -0.1) is 0 Å². The van der Waals surface area contributed by atoms with Crippen molar-refractivity contribution >= 4 is 16.4 Å². The normalized spacial score (nSPS) is 22.0. The van der Waals surface area contributed by atoms with Gasteiger partial charge in [-0.25, -0.2) is 4.18 Å². The molecule has 6 atom stereocenters. The molecule has 0 aliphatic carbocycles. The molecule has 1 aliphatic heterocycles. The van der Waals surface area contributed by atoms with E-state index in [2.05, 4.69) is 66.6 Å². The fourth-order valence-electron chi connectivity index (χ4n) is 5.49. The SMILES string of the molecule is CC/C=C\C/C=C\C/C=C\CCCCCCOCC(COC1OC(CO)C(O)C(OS(=O)(=O)O)C1O)OC(=O)CCCCCCC/C=C\CCCC. The minimum absolute atomic E-state index is 0.0157. The van der Waals surface area contributed by atoms with Crippen LogP contribution in [0.15, 0.2) is 48.6 Å². The van der Waals surface area contributed by atoms with Gasteiger partial charge >= 0.3 is 16.4 Å². The van der Waals surface area contributed by atoms with Gasteiger partial charge in [0.05, 0.1) is 19.8 Å². The van der Waals surface area contributed by atoms with Crippen LogP contribution in [0, 0.1) is 0 Å². The molecule has 1 rings (SSSR count). The van der Waals surface area contributed by atoms with Gasteiger partial charge in [0.1, 0.15) is 30.5 Å². The van der Waals surface area contributed by atoms with E-state index in [0.29, 0.717) is 13.0 Å². The minimum atomic E-state index is -5.06. The maximum atomic E-state index is 12.7. The first-order valence-electron chi connectivity index (χ1n) is 19.4. The molecule has 1 fully saturated rings. The van der Waals surface area contributed by atoms with Crippen LogP contribution in [0.2, 0.25) is 0 Å². The van der Waals surface area contributed by atoms with E-state index in [1.165, 1.54) is 12.8 Å². The predicted molar refractivity (Wildman–Crippen MR) is 202 cm³/mol. The quantitative estimate of drug-likeness (QED) is 0.0243. The van der Waals surface area contributed by atoms with E-state index in [0.717, 1.165) is 89.9 Å². The summed E-state index contributed by atoms with van der Waals surface area (Å²) in [5.74, 6) is -0.422.